The lowest BCUT2D eigenvalue weighted by Gasteiger charge is -2.26. The molecule has 4 rings (SSSR count). The Hall–Kier alpha value is -4.55. The van der Waals surface area contributed by atoms with Gasteiger partial charge >= 0.3 is 18.9 Å². The minimum absolute atomic E-state index is 0.0667. The van der Waals surface area contributed by atoms with E-state index in [2.05, 4.69) is 35.6 Å². The van der Waals surface area contributed by atoms with Gasteiger partial charge in [-0.1, -0.05) is 13.8 Å². The maximum Gasteiger partial charge on any atom is 0.405 e. The fourth-order valence-corrected chi connectivity index (χ4v) is 5.62. The number of sulfone groups is 1. The molecule has 3 aromatic rings. The van der Waals surface area contributed by atoms with Crippen LogP contribution < -0.4 is 20.7 Å². The van der Waals surface area contributed by atoms with E-state index in [1.165, 1.54) is 23.1 Å². The summed E-state index contributed by atoms with van der Waals surface area (Å²) in [5.74, 6) is -1.69. The highest BCUT2D eigenvalue weighted by Crippen LogP contribution is 2.32. The first-order chi connectivity index (χ1) is 21.4. The molecule has 0 radical (unpaired) electrons. The molecule has 1 saturated heterocycles. The lowest BCUT2D eigenvalue weighted by Crippen LogP contribution is -2.50. The van der Waals surface area contributed by atoms with Gasteiger partial charge in [-0.15, -0.1) is 0 Å². The van der Waals surface area contributed by atoms with E-state index < -0.39 is 63.9 Å². The second-order valence-electron chi connectivity index (χ2n) is 10.8. The van der Waals surface area contributed by atoms with Crippen LogP contribution >= 0.6 is 0 Å². The SMILES string of the molecule is CC(C)[C@@H](NC(=O)O)C(=O)N1CC[C@H](Nc2nc(NCC(F)(F)F)c3nc(-c4ccc(OC(F)F)c(S(C)(=O)=O)c4)ccc3n2)C1. The summed E-state index contributed by atoms with van der Waals surface area (Å²) in [6.07, 6.45) is -4.75. The molecule has 3 heterocycles. The minimum atomic E-state index is -4.63. The summed E-state index contributed by atoms with van der Waals surface area (Å²) in [4.78, 5) is 37.9. The van der Waals surface area contributed by atoms with Gasteiger partial charge in [-0.25, -0.2) is 23.2 Å². The number of ether oxygens (including phenoxy) is 1. The van der Waals surface area contributed by atoms with Crippen molar-refractivity contribution in [2.75, 3.05) is 36.5 Å². The first kappa shape index (κ1) is 34.3. The monoisotopic (exact) mass is 675 g/mol. The number of benzene rings is 1. The number of fused-ring (bicyclic) bond motifs is 1. The van der Waals surface area contributed by atoms with E-state index in [1.807, 2.05) is 0 Å². The highest BCUT2D eigenvalue weighted by Gasteiger charge is 2.34. The van der Waals surface area contributed by atoms with E-state index in [1.54, 1.807) is 13.8 Å². The lowest BCUT2D eigenvalue weighted by molar-refractivity contribution is -0.133. The number of nitrogens with zero attached hydrogens (tertiary/aromatic N) is 4. The zero-order chi connectivity index (χ0) is 34.0. The smallest absolute Gasteiger partial charge is 0.405 e. The van der Waals surface area contributed by atoms with Gasteiger partial charge in [-0.2, -0.15) is 26.9 Å². The van der Waals surface area contributed by atoms with Gasteiger partial charge in [-0.05, 0) is 42.7 Å². The molecule has 1 aliphatic heterocycles. The van der Waals surface area contributed by atoms with Gasteiger partial charge in [0.15, 0.2) is 15.7 Å². The summed E-state index contributed by atoms with van der Waals surface area (Å²) in [5, 5.41) is 16.5. The topological polar surface area (TPSA) is 176 Å². The summed E-state index contributed by atoms with van der Waals surface area (Å²) in [6.45, 7) is -0.920. The Balaban J connectivity index is 1.65. The highest BCUT2D eigenvalue weighted by molar-refractivity contribution is 7.90. The van der Waals surface area contributed by atoms with Gasteiger partial charge < -0.3 is 30.7 Å². The maximum absolute atomic E-state index is 13.2. The Morgan fingerprint density at radius 2 is 1.85 bits per heavy atom. The molecule has 13 nitrogen and oxygen atoms in total. The fourth-order valence-electron chi connectivity index (χ4n) is 4.80. The minimum Gasteiger partial charge on any atom is -0.465 e. The van der Waals surface area contributed by atoms with Crippen LogP contribution in [0.5, 0.6) is 5.75 Å². The van der Waals surface area contributed by atoms with Crippen LogP contribution in [0.15, 0.2) is 35.2 Å². The van der Waals surface area contributed by atoms with Crippen molar-refractivity contribution in [3.63, 3.8) is 0 Å². The second kappa shape index (κ2) is 13.4. The number of alkyl halides is 5. The normalized spacial score (nSPS) is 16.1. The molecule has 4 N–H and O–H groups in total. The molecule has 0 spiro atoms. The van der Waals surface area contributed by atoms with E-state index in [0.717, 1.165) is 18.4 Å². The number of carboxylic acid groups (broad SMARTS) is 1. The van der Waals surface area contributed by atoms with Gasteiger partial charge in [0, 0.05) is 31.0 Å². The van der Waals surface area contributed by atoms with Crippen molar-refractivity contribution in [3.8, 4) is 17.0 Å². The predicted octanol–water partition coefficient (Wildman–Crippen LogP) is 3.98. The number of hydrogen-bond acceptors (Lipinski definition) is 10. The molecular formula is C27H30F5N7O6S. The van der Waals surface area contributed by atoms with Crippen LogP contribution in [-0.2, 0) is 14.6 Å². The predicted molar refractivity (Wildman–Crippen MR) is 155 cm³/mol. The summed E-state index contributed by atoms with van der Waals surface area (Å²) in [7, 11) is -4.04. The molecule has 0 saturated carbocycles. The number of rotatable bonds is 11. The van der Waals surface area contributed by atoms with Gasteiger partial charge in [-0.3, -0.25) is 4.79 Å². The average Bonchev–Trinajstić information content (AvgIpc) is 3.41. The molecule has 19 heteroatoms. The van der Waals surface area contributed by atoms with Crippen LogP contribution in [0.3, 0.4) is 0 Å². The number of halogens is 5. The number of nitrogens with one attached hydrogen (secondary N) is 3. The molecule has 1 aliphatic rings. The second-order valence-corrected chi connectivity index (χ2v) is 12.8. The zero-order valence-corrected chi connectivity index (χ0v) is 25.4. The first-order valence-electron chi connectivity index (χ1n) is 13.7. The zero-order valence-electron chi connectivity index (χ0n) is 24.6. The van der Waals surface area contributed by atoms with Crippen molar-refractivity contribution < 1.29 is 49.8 Å². The lowest BCUT2D eigenvalue weighted by atomic mass is 10.0. The summed E-state index contributed by atoms with van der Waals surface area (Å²) >= 11 is 0. The van der Waals surface area contributed by atoms with Crippen molar-refractivity contribution in [2.24, 2.45) is 5.92 Å². The average molecular weight is 676 g/mol. The summed E-state index contributed by atoms with van der Waals surface area (Å²) < 4.78 is 94.0. The quantitative estimate of drug-likeness (QED) is 0.216. The Morgan fingerprint density at radius 1 is 1.13 bits per heavy atom. The van der Waals surface area contributed by atoms with Crippen LogP contribution in [0.4, 0.5) is 38.5 Å². The van der Waals surface area contributed by atoms with Crippen molar-refractivity contribution in [2.45, 2.75) is 50.0 Å². The number of pyridine rings is 1. The largest absolute Gasteiger partial charge is 0.465 e. The standard InChI is InChI=1S/C27H30F5N7O6S/c1-13(2)20(37-26(41)42)23(40)39-9-8-15(11-39)34-25-36-17-6-5-16(35-21(17)22(38-25)33-12-27(30,31)32)14-4-7-18(45-24(28)29)19(10-14)46(3,43)44/h4-7,10,13,15,20,24,37H,8-9,11-12H2,1-3H3,(H,41,42)(H2,33,34,36,38)/t15-,20+/m0/s1. The number of likely N-dealkylation sites (tertiary alicyclic amines) is 1. The highest BCUT2D eigenvalue weighted by atomic mass is 32.2. The summed E-state index contributed by atoms with van der Waals surface area (Å²) in [6, 6.07) is 4.81. The third-order valence-electron chi connectivity index (χ3n) is 6.90. The van der Waals surface area contributed by atoms with Crippen LogP contribution in [0, 0.1) is 5.92 Å². The van der Waals surface area contributed by atoms with E-state index in [4.69, 9.17) is 5.11 Å². The van der Waals surface area contributed by atoms with Crippen LogP contribution in [0.25, 0.3) is 22.3 Å². The van der Waals surface area contributed by atoms with Crippen molar-refractivity contribution in [3.05, 3.63) is 30.3 Å². The molecule has 46 heavy (non-hydrogen) atoms. The molecule has 250 valence electrons. The van der Waals surface area contributed by atoms with Crippen LogP contribution in [-0.4, -0.2) is 96.1 Å². The molecule has 2 aromatic heterocycles. The van der Waals surface area contributed by atoms with Gasteiger partial charge in [0.25, 0.3) is 0 Å². The number of hydrogen-bond donors (Lipinski definition) is 4. The van der Waals surface area contributed by atoms with E-state index in [0.29, 0.717) is 6.42 Å². The summed E-state index contributed by atoms with van der Waals surface area (Å²) in [5.41, 5.74) is 0.243. The van der Waals surface area contributed by atoms with E-state index >= 15 is 0 Å². The fraction of sp³-hybridized carbons (Fsp3) is 0.444. The van der Waals surface area contributed by atoms with Crippen LogP contribution in [0.2, 0.25) is 0 Å². The number of anilines is 2. The van der Waals surface area contributed by atoms with Crippen molar-refractivity contribution >= 4 is 44.6 Å². The molecular weight excluding hydrogens is 645 g/mol. The Bertz CT molecular complexity index is 1730. The van der Waals surface area contributed by atoms with Gasteiger partial charge in [0.2, 0.25) is 11.9 Å². The van der Waals surface area contributed by atoms with E-state index in [-0.39, 0.29) is 53.1 Å². The van der Waals surface area contributed by atoms with Crippen LogP contribution in [0.1, 0.15) is 20.3 Å². The number of carbonyl (C=O) groups excluding carboxylic acids is 1. The third kappa shape index (κ3) is 8.58. The maximum atomic E-state index is 13.2. The number of aromatic nitrogens is 3. The van der Waals surface area contributed by atoms with E-state index in [9.17, 15) is 40.0 Å². The van der Waals surface area contributed by atoms with Gasteiger partial charge in [0.1, 0.15) is 28.7 Å². The molecule has 1 aromatic carbocycles. The molecule has 1 fully saturated rings. The molecule has 0 aliphatic carbocycles. The van der Waals surface area contributed by atoms with Gasteiger partial charge in [0.05, 0.1) is 11.2 Å². The number of carbonyl (C=O) groups is 2. The molecule has 0 bridgehead atoms. The molecule has 2 amide bonds. The molecule has 2 atom stereocenters. The molecule has 0 unspecified atom stereocenters. The number of amides is 2. The Kier molecular flexibility index (Phi) is 10.0. The third-order valence-corrected chi connectivity index (χ3v) is 8.02. The Morgan fingerprint density at radius 3 is 2.46 bits per heavy atom. The first-order valence-corrected chi connectivity index (χ1v) is 15.6. The Labute approximate surface area is 259 Å². The van der Waals surface area contributed by atoms with Crippen molar-refractivity contribution in [1.82, 2.24) is 25.2 Å². The van der Waals surface area contributed by atoms with Crippen molar-refractivity contribution in [1.29, 1.82) is 0 Å².